The molecule has 0 bridgehead atoms. The third kappa shape index (κ3) is 3.43. The molecule has 2 aromatic rings. The predicted molar refractivity (Wildman–Crippen MR) is 78.8 cm³/mol. The average Bonchev–Trinajstić information content (AvgIpc) is 2.56. The van der Waals surface area contributed by atoms with Crippen LogP contribution in [-0.4, -0.2) is 25.8 Å². The first-order valence-corrected chi connectivity index (χ1v) is 7.23. The zero-order valence-electron chi connectivity index (χ0n) is 12.0. The van der Waals surface area contributed by atoms with Crippen LogP contribution in [-0.2, 0) is 4.74 Å². The summed E-state index contributed by atoms with van der Waals surface area (Å²) in [5.41, 5.74) is 0.748. The molecule has 3 nitrogen and oxygen atoms in total. The van der Waals surface area contributed by atoms with Gasteiger partial charge in [-0.15, -0.1) is 0 Å². The second-order valence-electron chi connectivity index (χ2n) is 5.13. The minimum atomic E-state index is -0.509. The van der Waals surface area contributed by atoms with Crippen molar-refractivity contribution in [1.82, 2.24) is 5.32 Å². The van der Waals surface area contributed by atoms with Crippen LogP contribution in [0.5, 0.6) is 5.75 Å². The molecule has 0 aromatic heterocycles. The molecule has 0 amide bonds. The van der Waals surface area contributed by atoms with Gasteiger partial charge >= 0.3 is 0 Å². The summed E-state index contributed by atoms with van der Waals surface area (Å²) < 4.78 is 38.6. The Morgan fingerprint density at radius 2 is 1.86 bits per heavy atom. The van der Waals surface area contributed by atoms with E-state index in [9.17, 15) is 8.78 Å². The van der Waals surface area contributed by atoms with Crippen molar-refractivity contribution in [2.45, 2.75) is 12.2 Å². The van der Waals surface area contributed by atoms with Gasteiger partial charge in [-0.25, -0.2) is 8.78 Å². The molecule has 0 unspecified atom stereocenters. The predicted octanol–water partition coefficient (Wildman–Crippen LogP) is 3.07. The van der Waals surface area contributed by atoms with E-state index in [1.54, 1.807) is 30.3 Å². The fourth-order valence-electron chi connectivity index (χ4n) is 2.47. The second-order valence-corrected chi connectivity index (χ2v) is 5.13. The molecule has 1 fully saturated rings. The first-order chi connectivity index (χ1) is 10.7. The highest BCUT2D eigenvalue weighted by Crippen LogP contribution is 2.29. The molecular formula is C17H17F2NO2. The lowest BCUT2D eigenvalue weighted by Crippen LogP contribution is -2.43. The summed E-state index contributed by atoms with van der Waals surface area (Å²) in [6, 6.07) is 12.2. The highest BCUT2D eigenvalue weighted by molar-refractivity contribution is 5.27. The van der Waals surface area contributed by atoms with Crippen molar-refractivity contribution in [3.05, 3.63) is 65.7 Å². The van der Waals surface area contributed by atoms with E-state index < -0.39 is 11.9 Å². The van der Waals surface area contributed by atoms with E-state index >= 15 is 0 Å². The summed E-state index contributed by atoms with van der Waals surface area (Å²) in [4.78, 5) is 0. The van der Waals surface area contributed by atoms with Crippen molar-refractivity contribution in [3.8, 4) is 5.75 Å². The highest BCUT2D eigenvalue weighted by Gasteiger charge is 2.28. The summed E-state index contributed by atoms with van der Waals surface area (Å²) in [5.74, 6) is -0.597. The summed E-state index contributed by atoms with van der Waals surface area (Å²) in [6.45, 7) is 1.92. The molecule has 5 heteroatoms. The van der Waals surface area contributed by atoms with Crippen LogP contribution in [0, 0.1) is 11.6 Å². The zero-order valence-corrected chi connectivity index (χ0v) is 12.0. The first-order valence-electron chi connectivity index (χ1n) is 7.23. The van der Waals surface area contributed by atoms with Gasteiger partial charge in [-0.2, -0.15) is 0 Å². The molecular weight excluding hydrogens is 288 g/mol. The van der Waals surface area contributed by atoms with Gasteiger partial charge in [-0.1, -0.05) is 24.3 Å². The number of hydrogen-bond donors (Lipinski definition) is 1. The molecule has 0 radical (unpaired) electrons. The number of morpholine rings is 1. The van der Waals surface area contributed by atoms with Gasteiger partial charge in [0.25, 0.3) is 0 Å². The fraction of sp³-hybridized carbons (Fsp3) is 0.294. The maximum absolute atomic E-state index is 13.9. The summed E-state index contributed by atoms with van der Waals surface area (Å²) in [6.07, 6.45) is -0.774. The Morgan fingerprint density at radius 3 is 2.55 bits per heavy atom. The Morgan fingerprint density at radius 1 is 1.09 bits per heavy atom. The maximum atomic E-state index is 13.9. The molecule has 2 atom stereocenters. The van der Waals surface area contributed by atoms with Crippen LogP contribution < -0.4 is 10.1 Å². The van der Waals surface area contributed by atoms with Crippen LogP contribution in [0.4, 0.5) is 8.78 Å². The fourth-order valence-corrected chi connectivity index (χ4v) is 2.47. The van der Waals surface area contributed by atoms with Crippen molar-refractivity contribution in [2.75, 3.05) is 19.7 Å². The van der Waals surface area contributed by atoms with Gasteiger partial charge < -0.3 is 14.8 Å². The molecule has 0 saturated carbocycles. The molecule has 116 valence electrons. The highest BCUT2D eigenvalue weighted by atomic mass is 19.1. The third-order valence-electron chi connectivity index (χ3n) is 3.58. The number of para-hydroxylation sites is 1. The number of halogens is 2. The van der Waals surface area contributed by atoms with E-state index in [1.807, 2.05) is 0 Å². The maximum Gasteiger partial charge on any atom is 0.165 e. The van der Waals surface area contributed by atoms with Gasteiger partial charge in [0.05, 0.1) is 6.61 Å². The number of nitrogens with one attached hydrogen (secondary N) is 1. The standard InChI is InChI=1S/C17H17F2NO2/c18-13-7-5-12(6-8-13)17(16-11-20-9-10-21-16)22-15-4-2-1-3-14(15)19/h1-8,16-17,20H,9-11H2/t16-,17+/m1/s1. The number of rotatable bonds is 4. The Labute approximate surface area is 127 Å². The van der Waals surface area contributed by atoms with Crippen LogP contribution in [0.1, 0.15) is 11.7 Å². The Hall–Kier alpha value is -1.98. The molecule has 2 aromatic carbocycles. The molecule has 0 aliphatic carbocycles. The SMILES string of the molecule is Fc1ccc([C@H](Oc2ccccc2F)[C@H]2CNCCO2)cc1. The van der Waals surface area contributed by atoms with Crippen molar-refractivity contribution in [2.24, 2.45) is 0 Å². The molecule has 1 heterocycles. The minimum Gasteiger partial charge on any atom is -0.480 e. The van der Waals surface area contributed by atoms with Gasteiger partial charge in [0.1, 0.15) is 11.9 Å². The van der Waals surface area contributed by atoms with E-state index in [0.717, 1.165) is 12.1 Å². The van der Waals surface area contributed by atoms with Crippen molar-refractivity contribution in [3.63, 3.8) is 0 Å². The van der Waals surface area contributed by atoms with Crippen molar-refractivity contribution >= 4 is 0 Å². The summed E-state index contributed by atoms with van der Waals surface area (Å²) in [5, 5.41) is 3.22. The van der Waals surface area contributed by atoms with E-state index in [0.29, 0.717) is 13.2 Å². The zero-order chi connectivity index (χ0) is 15.4. The molecule has 0 spiro atoms. The van der Waals surface area contributed by atoms with E-state index in [1.165, 1.54) is 18.2 Å². The van der Waals surface area contributed by atoms with Crippen LogP contribution in [0.2, 0.25) is 0 Å². The van der Waals surface area contributed by atoms with Gasteiger partial charge in [-0.3, -0.25) is 0 Å². The third-order valence-corrected chi connectivity index (χ3v) is 3.58. The normalized spacial score (nSPS) is 19.6. The smallest absolute Gasteiger partial charge is 0.165 e. The van der Waals surface area contributed by atoms with Gasteiger partial charge in [0.15, 0.2) is 17.7 Å². The first kappa shape index (κ1) is 14.9. The topological polar surface area (TPSA) is 30.5 Å². The lowest BCUT2D eigenvalue weighted by molar-refractivity contribution is -0.0442. The van der Waals surface area contributed by atoms with Gasteiger partial charge in [0, 0.05) is 13.1 Å². The minimum absolute atomic E-state index is 0.158. The Bertz CT molecular complexity index is 612. The number of benzene rings is 2. The van der Waals surface area contributed by atoms with E-state index in [2.05, 4.69) is 5.32 Å². The molecule has 22 heavy (non-hydrogen) atoms. The largest absolute Gasteiger partial charge is 0.480 e. The lowest BCUT2D eigenvalue weighted by Gasteiger charge is -2.31. The van der Waals surface area contributed by atoms with Gasteiger partial charge in [0.2, 0.25) is 0 Å². The quantitative estimate of drug-likeness (QED) is 0.941. The Kier molecular flexibility index (Phi) is 4.65. The number of hydrogen-bond acceptors (Lipinski definition) is 3. The molecule has 1 N–H and O–H groups in total. The molecule has 1 aliphatic rings. The molecule has 1 saturated heterocycles. The molecule has 3 rings (SSSR count). The van der Waals surface area contributed by atoms with Crippen LogP contribution in [0.15, 0.2) is 48.5 Å². The van der Waals surface area contributed by atoms with Crippen molar-refractivity contribution in [1.29, 1.82) is 0 Å². The average molecular weight is 305 g/mol. The Balaban J connectivity index is 1.88. The molecule has 1 aliphatic heterocycles. The van der Waals surface area contributed by atoms with Crippen molar-refractivity contribution < 1.29 is 18.3 Å². The van der Waals surface area contributed by atoms with Crippen LogP contribution in [0.25, 0.3) is 0 Å². The van der Waals surface area contributed by atoms with E-state index in [-0.39, 0.29) is 17.7 Å². The van der Waals surface area contributed by atoms with Crippen LogP contribution >= 0.6 is 0 Å². The number of ether oxygens (including phenoxy) is 2. The summed E-state index contributed by atoms with van der Waals surface area (Å²) >= 11 is 0. The second kappa shape index (κ2) is 6.85. The monoisotopic (exact) mass is 305 g/mol. The summed E-state index contributed by atoms with van der Waals surface area (Å²) in [7, 11) is 0. The van der Waals surface area contributed by atoms with Crippen LogP contribution in [0.3, 0.4) is 0 Å². The van der Waals surface area contributed by atoms with E-state index in [4.69, 9.17) is 9.47 Å². The lowest BCUT2D eigenvalue weighted by atomic mass is 10.0. The van der Waals surface area contributed by atoms with Gasteiger partial charge in [-0.05, 0) is 29.8 Å².